The molecular formula is C14H40O8Si9. The zero-order valence-corrected chi connectivity index (χ0v) is 30.2. The first kappa shape index (κ1) is 41.6. The van der Waals surface area contributed by atoms with Crippen LogP contribution in [0.25, 0.3) is 0 Å². The van der Waals surface area contributed by atoms with Crippen molar-refractivity contribution in [2.45, 2.75) is 94.4 Å². The van der Waals surface area contributed by atoms with Crippen molar-refractivity contribution in [1.82, 2.24) is 0 Å². The van der Waals surface area contributed by atoms with Crippen LogP contribution in [0.5, 0.6) is 0 Å². The molecule has 0 amide bonds. The summed E-state index contributed by atoms with van der Waals surface area (Å²) in [5, 5.41) is 0. The predicted octanol–water partition coefficient (Wildman–Crippen LogP) is 2.84. The number of hydrogen-bond acceptors (Lipinski definition) is 8. The van der Waals surface area contributed by atoms with E-state index in [2.05, 4.69) is 0 Å². The van der Waals surface area contributed by atoms with Gasteiger partial charge in [-0.1, -0.05) is 88.4 Å². The Hall–Kier alpha value is 0.352. The van der Waals surface area contributed by atoms with Crippen LogP contribution in [0.1, 0.15) is 68.7 Å². The fraction of sp³-hybridized carbons (Fsp3) is 1.00. The molecule has 0 fully saturated rings. The average molecular weight is 589 g/mol. The third-order valence-corrected chi connectivity index (χ3v) is 69.0. The van der Waals surface area contributed by atoms with Crippen LogP contribution < -0.4 is 0 Å². The fourth-order valence-electron chi connectivity index (χ4n) is 1.32. The van der Waals surface area contributed by atoms with E-state index < -0.39 is 69.8 Å². The molecule has 0 saturated carbocycles. The van der Waals surface area contributed by atoms with Crippen LogP contribution in [0.2, 0.25) is 25.7 Å². The maximum atomic E-state index is 12.1. The first-order chi connectivity index (χ1) is 14.4. The van der Waals surface area contributed by atoms with E-state index in [1.165, 1.54) is 0 Å². The molecule has 0 N–H and O–H groups in total. The smallest absolute Gasteiger partial charge is 0.381 e. The van der Waals surface area contributed by atoms with Gasteiger partial charge in [-0.05, 0) is 6.04 Å². The molecule has 0 aliphatic heterocycles. The lowest BCUT2D eigenvalue weighted by Gasteiger charge is -2.08. The minimum atomic E-state index is -3.48. The monoisotopic (exact) mass is 588 g/mol. The molecule has 0 saturated heterocycles. The van der Waals surface area contributed by atoms with Gasteiger partial charge in [-0.2, -0.15) is 0 Å². The van der Waals surface area contributed by atoms with Crippen LogP contribution in [0, 0.1) is 0 Å². The highest BCUT2D eigenvalue weighted by molar-refractivity contribution is 7.76. The molecule has 0 rings (SSSR count). The molecule has 17 heteroatoms. The van der Waals surface area contributed by atoms with Crippen LogP contribution in [0.4, 0.5) is 0 Å². The highest BCUT2D eigenvalue weighted by Crippen LogP contribution is 2.00. The summed E-state index contributed by atoms with van der Waals surface area (Å²) < 4.78 is 95.5. The molecule has 31 heavy (non-hydrogen) atoms. The lowest BCUT2D eigenvalue weighted by Crippen LogP contribution is -2.54. The van der Waals surface area contributed by atoms with Gasteiger partial charge in [0, 0.05) is 0 Å². The van der Waals surface area contributed by atoms with Gasteiger partial charge in [0.1, 0.15) is 7.59 Å². The van der Waals surface area contributed by atoms with Crippen molar-refractivity contribution >= 4 is 69.8 Å². The SMILES string of the molecule is CC.CC.CC.CC.CCC[Si](=O)[Si](=O)[Si](=O)[Si](=O)[Si](=O)[Si](=O)[Si](=O)[Si](=O)[Si](C)(C)C. The van der Waals surface area contributed by atoms with Crippen molar-refractivity contribution in [3.05, 3.63) is 0 Å². The molecule has 0 aromatic rings. The molecule has 0 aromatic heterocycles. The minimum absolute atomic E-state index is 0.101. The second-order valence-electron chi connectivity index (χ2n) is 5.73. The van der Waals surface area contributed by atoms with Crippen molar-refractivity contribution in [3.8, 4) is 0 Å². The molecule has 0 radical (unpaired) electrons. The van der Waals surface area contributed by atoms with Gasteiger partial charge in [-0.15, -0.1) is 0 Å². The van der Waals surface area contributed by atoms with Gasteiger partial charge in [0.15, 0.2) is 0 Å². The Morgan fingerprint density at radius 2 is 0.742 bits per heavy atom. The van der Waals surface area contributed by atoms with E-state index >= 15 is 0 Å². The first-order valence-corrected chi connectivity index (χ1v) is 33.7. The Kier molecular flexibility index (Phi) is 33.5. The van der Waals surface area contributed by atoms with E-state index in [0.717, 1.165) is 0 Å². The number of rotatable bonds is 10. The van der Waals surface area contributed by atoms with Gasteiger partial charge in [0.2, 0.25) is 0 Å². The van der Waals surface area contributed by atoms with Gasteiger partial charge in [-0.3, -0.25) is 0 Å². The maximum absolute atomic E-state index is 12.1. The highest BCUT2D eigenvalue weighted by Gasteiger charge is 2.50. The van der Waals surface area contributed by atoms with Crippen molar-refractivity contribution in [1.29, 1.82) is 0 Å². The summed E-state index contributed by atoms with van der Waals surface area (Å²) >= 11 is 0. The molecule has 0 unspecified atom stereocenters. The van der Waals surface area contributed by atoms with E-state index in [1.54, 1.807) is 26.6 Å². The van der Waals surface area contributed by atoms with Gasteiger partial charge >= 0.3 is 62.2 Å². The molecule has 0 heterocycles. The van der Waals surface area contributed by atoms with Gasteiger partial charge in [0.25, 0.3) is 0 Å². The molecule has 0 aliphatic carbocycles. The summed E-state index contributed by atoms with van der Waals surface area (Å²) in [6, 6.07) is 0.101. The van der Waals surface area contributed by atoms with Crippen LogP contribution >= 0.6 is 0 Å². The standard InChI is InChI=1S/C6H16O8Si9.4C2H6/c1-5-6-15(7)16(8)17(9)18(10)19(11)20(12)21(13)22(14)23(2,3)4;4*1-2/h5-6H2,1-4H3;4*1-2H3. The summed E-state index contributed by atoms with van der Waals surface area (Å²) in [6.45, 7) is 22.7. The zero-order chi connectivity index (χ0) is 26.5. The van der Waals surface area contributed by atoms with Crippen LogP contribution in [-0.4, -0.2) is 69.8 Å². The quantitative estimate of drug-likeness (QED) is 0.355. The topological polar surface area (TPSA) is 137 Å². The average Bonchev–Trinajstić information content (AvgIpc) is 2.80. The normalized spacial score (nSPS) is 8.65. The van der Waals surface area contributed by atoms with Crippen LogP contribution in [0.3, 0.4) is 0 Å². The van der Waals surface area contributed by atoms with Crippen LogP contribution in [-0.2, 0) is 35.7 Å². The number of hydrogen-bond donors (Lipinski definition) is 0. The van der Waals surface area contributed by atoms with E-state index in [4.69, 9.17) is 0 Å². The van der Waals surface area contributed by atoms with Crippen molar-refractivity contribution in [2.75, 3.05) is 0 Å². The Morgan fingerprint density at radius 3 is 1.00 bits per heavy atom. The zero-order valence-electron chi connectivity index (χ0n) is 21.2. The molecule has 8 nitrogen and oxygen atoms in total. The van der Waals surface area contributed by atoms with E-state index in [9.17, 15) is 35.7 Å². The minimum Gasteiger partial charge on any atom is -0.389 e. The summed E-state index contributed by atoms with van der Waals surface area (Å²) in [5.74, 6) is 0. The van der Waals surface area contributed by atoms with Crippen molar-refractivity contribution in [3.63, 3.8) is 0 Å². The maximum Gasteiger partial charge on any atom is 0.381 e. The van der Waals surface area contributed by atoms with Gasteiger partial charge < -0.3 is 35.7 Å². The highest BCUT2D eigenvalue weighted by atomic mass is 30.0. The molecule has 0 bridgehead atoms. The summed E-state index contributed by atoms with van der Waals surface area (Å²) in [6.07, 6.45) is 0.460. The van der Waals surface area contributed by atoms with E-state index in [0.29, 0.717) is 6.42 Å². The third kappa shape index (κ3) is 17.5. The Balaban J connectivity index is -0.000000250. The lowest BCUT2D eigenvalue weighted by molar-refractivity contribution is 0.534. The Labute approximate surface area is 199 Å². The first-order valence-electron chi connectivity index (χ1n) is 10.7. The van der Waals surface area contributed by atoms with Gasteiger partial charge in [-0.25, -0.2) is 0 Å². The third-order valence-electron chi connectivity index (χ3n) is 2.65. The Morgan fingerprint density at radius 1 is 0.484 bits per heavy atom. The Bertz CT molecular complexity index is 657. The van der Waals surface area contributed by atoms with Crippen LogP contribution in [0.15, 0.2) is 0 Å². The summed E-state index contributed by atoms with van der Waals surface area (Å²) in [7, 11) is -27.7. The van der Waals surface area contributed by atoms with Crippen molar-refractivity contribution < 1.29 is 35.7 Å². The lowest BCUT2D eigenvalue weighted by atomic mass is 10.6. The fourth-order valence-corrected chi connectivity index (χ4v) is 91.5. The molecule has 0 spiro atoms. The van der Waals surface area contributed by atoms with Gasteiger partial charge in [0.05, 0.1) is 0 Å². The summed E-state index contributed by atoms with van der Waals surface area (Å²) in [5.41, 5.74) is 0. The summed E-state index contributed by atoms with van der Waals surface area (Å²) in [4.78, 5) is 0. The molecule has 180 valence electrons. The predicted molar refractivity (Wildman–Crippen MR) is 135 cm³/mol. The molecular weight excluding hydrogens is 549 g/mol. The van der Waals surface area contributed by atoms with E-state index in [1.807, 2.05) is 55.4 Å². The van der Waals surface area contributed by atoms with Crippen molar-refractivity contribution in [2.24, 2.45) is 0 Å². The molecule has 0 aliphatic rings. The second-order valence-corrected chi connectivity index (χ2v) is 51.9. The molecule has 0 atom stereocenters. The largest absolute Gasteiger partial charge is 0.389 e. The van der Waals surface area contributed by atoms with E-state index in [-0.39, 0.29) is 6.04 Å². The second kappa shape index (κ2) is 25.0. The molecule has 0 aromatic carbocycles.